The summed E-state index contributed by atoms with van der Waals surface area (Å²) in [5, 5.41) is 2.89. The van der Waals surface area contributed by atoms with Crippen LogP contribution in [0.4, 0.5) is 13.6 Å². The monoisotopic (exact) mass is 506 g/mol. The summed E-state index contributed by atoms with van der Waals surface area (Å²) in [5.74, 6) is -4.13. The Bertz CT molecular complexity index is 910. The van der Waals surface area contributed by atoms with Gasteiger partial charge in [0.25, 0.3) is 5.92 Å². The van der Waals surface area contributed by atoms with Crippen molar-refractivity contribution in [1.29, 1.82) is 0 Å². The number of carbonyl (C=O) groups excluding carboxylic acids is 2. The molecule has 8 heteroatoms. The minimum absolute atomic E-state index is 0.0655. The molecular weight excluding hydrogens is 466 g/mol. The van der Waals surface area contributed by atoms with Crippen LogP contribution in [0, 0.1) is 17.8 Å². The molecule has 4 rings (SSSR count). The molecule has 3 saturated carbocycles. The van der Waals surface area contributed by atoms with Gasteiger partial charge in [0, 0.05) is 17.5 Å². The van der Waals surface area contributed by atoms with Crippen molar-refractivity contribution in [3.8, 4) is 5.75 Å². The molecular formula is C28H40F2N2O4. The fourth-order valence-electron chi connectivity index (χ4n) is 6.28. The number of fused-ring (bicyclic) bond motifs is 2. The Morgan fingerprint density at radius 3 is 2.11 bits per heavy atom. The van der Waals surface area contributed by atoms with Crippen LogP contribution in [-0.4, -0.2) is 35.7 Å². The fourth-order valence-corrected chi connectivity index (χ4v) is 6.28. The molecule has 1 amide bonds. The summed E-state index contributed by atoms with van der Waals surface area (Å²) >= 11 is 0. The molecule has 3 fully saturated rings. The van der Waals surface area contributed by atoms with Crippen molar-refractivity contribution in [2.24, 2.45) is 23.5 Å². The maximum Gasteiger partial charge on any atom is 0.407 e. The van der Waals surface area contributed by atoms with Gasteiger partial charge in [-0.05, 0) is 108 Å². The quantitative estimate of drug-likeness (QED) is 0.494. The van der Waals surface area contributed by atoms with E-state index in [-0.39, 0.29) is 29.5 Å². The van der Waals surface area contributed by atoms with Crippen molar-refractivity contribution in [3.05, 3.63) is 29.8 Å². The number of halogens is 2. The highest BCUT2D eigenvalue weighted by molar-refractivity contribution is 5.88. The maximum atomic E-state index is 15.4. The molecule has 0 spiro atoms. The van der Waals surface area contributed by atoms with Gasteiger partial charge in [-0.2, -0.15) is 8.78 Å². The first kappa shape index (κ1) is 26.8. The Labute approximate surface area is 212 Å². The smallest absolute Gasteiger partial charge is 0.407 e. The number of nitrogens with two attached hydrogens (primary N) is 1. The van der Waals surface area contributed by atoms with E-state index in [1.54, 1.807) is 32.9 Å². The van der Waals surface area contributed by atoms with Crippen LogP contribution in [0.3, 0.4) is 0 Å². The lowest BCUT2D eigenvalue weighted by Crippen LogP contribution is -2.52. The number of Topliss-reactive ketones (excluding diaryl/α,β-unsaturated/α-hetero) is 1. The van der Waals surface area contributed by atoms with Gasteiger partial charge in [-0.1, -0.05) is 6.42 Å². The molecule has 3 aliphatic rings. The molecule has 3 aliphatic carbocycles. The first-order chi connectivity index (χ1) is 16.9. The highest BCUT2D eigenvalue weighted by Gasteiger charge is 2.52. The zero-order chi connectivity index (χ0) is 26.1. The van der Waals surface area contributed by atoms with Crippen LogP contribution in [0.15, 0.2) is 24.3 Å². The highest BCUT2D eigenvalue weighted by atomic mass is 19.3. The van der Waals surface area contributed by atoms with E-state index in [9.17, 15) is 9.59 Å². The Morgan fingerprint density at radius 1 is 0.972 bits per heavy atom. The van der Waals surface area contributed by atoms with Crippen molar-refractivity contribution >= 4 is 11.9 Å². The van der Waals surface area contributed by atoms with Crippen LogP contribution in [-0.2, 0) is 15.5 Å². The zero-order valence-electron chi connectivity index (χ0n) is 21.6. The van der Waals surface area contributed by atoms with Crippen molar-refractivity contribution in [3.63, 3.8) is 0 Å². The number of ketones is 1. The number of benzene rings is 1. The number of hydrogen-bond acceptors (Lipinski definition) is 5. The van der Waals surface area contributed by atoms with Gasteiger partial charge < -0.3 is 20.5 Å². The van der Waals surface area contributed by atoms with E-state index in [2.05, 4.69) is 5.32 Å². The summed E-state index contributed by atoms with van der Waals surface area (Å²) in [6, 6.07) is 3.70. The predicted octanol–water partition coefficient (Wildman–Crippen LogP) is 5.72. The Kier molecular flexibility index (Phi) is 7.93. The molecule has 0 aromatic heterocycles. The third kappa shape index (κ3) is 6.18. The van der Waals surface area contributed by atoms with Crippen molar-refractivity contribution in [1.82, 2.24) is 5.32 Å². The summed E-state index contributed by atoms with van der Waals surface area (Å²) in [6.07, 6.45) is 7.75. The average Bonchev–Trinajstić information content (AvgIpc) is 3.08. The van der Waals surface area contributed by atoms with Crippen LogP contribution in [0.25, 0.3) is 0 Å². The van der Waals surface area contributed by atoms with Crippen LogP contribution >= 0.6 is 0 Å². The molecule has 3 unspecified atom stereocenters. The van der Waals surface area contributed by atoms with Gasteiger partial charge in [-0.15, -0.1) is 0 Å². The summed E-state index contributed by atoms with van der Waals surface area (Å²) in [4.78, 5) is 25.5. The third-order valence-corrected chi connectivity index (χ3v) is 7.94. The number of ether oxygens (including phenoxy) is 2. The maximum absolute atomic E-state index is 15.4. The fraction of sp³-hybridized carbons (Fsp3) is 0.714. The molecule has 3 atom stereocenters. The number of rotatable bonds is 7. The van der Waals surface area contributed by atoms with Gasteiger partial charge in [0.2, 0.25) is 0 Å². The largest absolute Gasteiger partial charge is 0.490 e. The Hall–Kier alpha value is -2.22. The molecule has 2 bridgehead atoms. The topological polar surface area (TPSA) is 90.7 Å². The summed E-state index contributed by atoms with van der Waals surface area (Å²) in [5.41, 5.74) is 5.09. The molecule has 1 aromatic rings. The predicted molar refractivity (Wildman–Crippen MR) is 133 cm³/mol. The van der Waals surface area contributed by atoms with Crippen LogP contribution in [0.1, 0.15) is 84.1 Å². The molecule has 3 N–H and O–H groups in total. The number of nitrogens with one attached hydrogen (secondary N) is 1. The SMILES string of the molecule is CC(C)(C)OC(=O)NC1CC2CCC(C1)C2C(=O)C(N)C(F)(F)c1ccc(OC2CCCCC2)cc1. The lowest BCUT2D eigenvalue weighted by Gasteiger charge is -2.37. The van der Waals surface area contributed by atoms with Gasteiger partial charge >= 0.3 is 6.09 Å². The molecule has 0 aliphatic heterocycles. The van der Waals surface area contributed by atoms with E-state index in [0.717, 1.165) is 38.5 Å². The first-order valence-electron chi connectivity index (χ1n) is 13.4. The first-order valence-corrected chi connectivity index (χ1v) is 13.4. The van der Waals surface area contributed by atoms with Gasteiger partial charge in [0.15, 0.2) is 5.78 Å². The number of carbonyl (C=O) groups is 2. The molecule has 36 heavy (non-hydrogen) atoms. The minimum Gasteiger partial charge on any atom is -0.490 e. The summed E-state index contributed by atoms with van der Waals surface area (Å²) in [7, 11) is 0. The standard InChI is InChI=1S/C28H40F2N2O4/c1-27(2,3)36-26(34)32-20-15-17-9-10-18(16-20)23(17)24(33)25(31)28(29,30)19-11-13-22(14-12-19)35-21-7-5-4-6-8-21/h11-14,17-18,20-21,23,25H,4-10,15-16,31H2,1-3H3,(H,32,34). The van der Waals surface area contributed by atoms with Gasteiger partial charge in [0.1, 0.15) is 17.4 Å². The van der Waals surface area contributed by atoms with Gasteiger partial charge in [0.05, 0.1) is 6.10 Å². The highest BCUT2D eigenvalue weighted by Crippen LogP contribution is 2.49. The summed E-state index contributed by atoms with van der Waals surface area (Å²) < 4.78 is 42.0. The zero-order valence-corrected chi connectivity index (χ0v) is 21.6. The Morgan fingerprint density at radius 2 is 1.56 bits per heavy atom. The number of alkyl halides is 2. The van der Waals surface area contributed by atoms with Crippen molar-refractivity contribution in [2.75, 3.05) is 0 Å². The normalized spacial score (nSPS) is 27.8. The third-order valence-electron chi connectivity index (χ3n) is 7.94. The molecule has 0 heterocycles. The lowest BCUT2D eigenvalue weighted by molar-refractivity contribution is -0.138. The van der Waals surface area contributed by atoms with E-state index in [4.69, 9.17) is 15.2 Å². The van der Waals surface area contributed by atoms with E-state index in [1.807, 2.05) is 0 Å². The number of hydrogen-bond donors (Lipinski definition) is 2. The van der Waals surface area contributed by atoms with Crippen molar-refractivity contribution in [2.45, 2.75) is 108 Å². The summed E-state index contributed by atoms with van der Waals surface area (Å²) in [6.45, 7) is 5.39. The second-order valence-electron chi connectivity index (χ2n) is 11.8. The van der Waals surface area contributed by atoms with Gasteiger partial charge in [-0.25, -0.2) is 4.79 Å². The van der Waals surface area contributed by atoms with E-state index in [1.165, 1.54) is 18.6 Å². The number of amides is 1. The van der Waals surface area contributed by atoms with Gasteiger partial charge in [-0.3, -0.25) is 4.79 Å². The van der Waals surface area contributed by atoms with Crippen LogP contribution in [0.5, 0.6) is 5.75 Å². The van der Waals surface area contributed by atoms with Crippen molar-refractivity contribution < 1.29 is 27.8 Å². The Balaban J connectivity index is 1.37. The molecule has 6 nitrogen and oxygen atoms in total. The minimum atomic E-state index is -3.48. The van der Waals surface area contributed by atoms with E-state index < -0.39 is 35.4 Å². The molecule has 0 radical (unpaired) electrons. The van der Waals surface area contributed by atoms with E-state index >= 15 is 8.78 Å². The molecule has 0 saturated heterocycles. The lowest BCUT2D eigenvalue weighted by atomic mass is 9.72. The number of alkyl carbamates (subject to hydrolysis) is 1. The van der Waals surface area contributed by atoms with E-state index in [0.29, 0.717) is 18.6 Å². The molecule has 1 aromatic carbocycles. The second kappa shape index (κ2) is 10.6. The van der Waals surface area contributed by atoms with Crippen LogP contribution < -0.4 is 15.8 Å². The molecule has 200 valence electrons. The average molecular weight is 507 g/mol. The second-order valence-corrected chi connectivity index (χ2v) is 11.8. The van der Waals surface area contributed by atoms with Crippen LogP contribution in [0.2, 0.25) is 0 Å².